The molecule has 0 saturated heterocycles. The summed E-state index contributed by atoms with van der Waals surface area (Å²) in [6, 6.07) is 9.25. The number of halogens is 1. The molecule has 0 radical (unpaired) electrons. The van der Waals surface area contributed by atoms with Gasteiger partial charge in [0.25, 0.3) is 0 Å². The van der Waals surface area contributed by atoms with E-state index in [1.165, 1.54) is 12.3 Å². The average molecular weight is 323 g/mol. The summed E-state index contributed by atoms with van der Waals surface area (Å²) >= 11 is 0. The van der Waals surface area contributed by atoms with Crippen LogP contribution < -0.4 is 11.1 Å². The minimum absolute atomic E-state index is 0.340. The molecule has 0 bridgehead atoms. The van der Waals surface area contributed by atoms with Gasteiger partial charge in [-0.3, -0.25) is 4.98 Å². The summed E-state index contributed by atoms with van der Waals surface area (Å²) in [7, 11) is 0. The Morgan fingerprint density at radius 2 is 1.92 bits per heavy atom. The first-order valence-electron chi connectivity index (χ1n) is 7.68. The minimum Gasteiger partial charge on any atom is -0.383 e. The van der Waals surface area contributed by atoms with Crippen molar-refractivity contribution in [3.05, 3.63) is 77.6 Å². The molecule has 0 atom stereocenters. The van der Waals surface area contributed by atoms with Gasteiger partial charge in [-0.25, -0.2) is 14.4 Å². The molecule has 3 rings (SSSR count). The van der Waals surface area contributed by atoms with Crippen molar-refractivity contribution in [3.8, 4) is 0 Å². The van der Waals surface area contributed by atoms with E-state index in [4.69, 9.17) is 5.73 Å². The third-order valence-corrected chi connectivity index (χ3v) is 3.67. The maximum atomic E-state index is 13.1. The number of aryl methyl sites for hydroxylation is 2. The summed E-state index contributed by atoms with van der Waals surface area (Å²) in [6.45, 7) is 0.476. The Morgan fingerprint density at radius 3 is 2.67 bits per heavy atom. The lowest BCUT2D eigenvalue weighted by molar-refractivity contribution is 0.619. The van der Waals surface area contributed by atoms with Gasteiger partial charge in [0, 0.05) is 25.1 Å². The quantitative estimate of drug-likeness (QED) is 0.729. The number of nitrogens with zero attached hydrogens (tertiary/aromatic N) is 3. The summed E-state index contributed by atoms with van der Waals surface area (Å²) in [5.74, 6) is 0.976. The molecule has 0 saturated carbocycles. The first-order valence-corrected chi connectivity index (χ1v) is 7.68. The number of hydrogen-bond donors (Lipinski definition) is 2. The molecule has 0 aliphatic carbocycles. The molecular formula is C18H18FN5. The standard InChI is InChI=1S/C18H18FN5/c19-16-8-14(9-21-12-16)11-24-17-6-4-13(10-23-17)3-5-15-2-1-7-22-18(15)20/h1-2,4,6-10,12H,3,5,11H2,(H2,20,22)(H,23,24). The van der Waals surface area contributed by atoms with Crippen LogP contribution in [0.25, 0.3) is 0 Å². The van der Waals surface area contributed by atoms with Gasteiger partial charge in [0.15, 0.2) is 0 Å². The molecule has 0 amide bonds. The Kier molecular flexibility index (Phi) is 4.96. The van der Waals surface area contributed by atoms with Crippen LogP contribution in [-0.4, -0.2) is 15.0 Å². The smallest absolute Gasteiger partial charge is 0.141 e. The fourth-order valence-electron chi connectivity index (χ4n) is 2.36. The van der Waals surface area contributed by atoms with Crippen LogP contribution in [0.3, 0.4) is 0 Å². The van der Waals surface area contributed by atoms with E-state index in [2.05, 4.69) is 20.3 Å². The second-order valence-electron chi connectivity index (χ2n) is 5.46. The Hall–Kier alpha value is -3.02. The number of nitrogens with two attached hydrogens (primary N) is 1. The number of anilines is 2. The maximum Gasteiger partial charge on any atom is 0.141 e. The Balaban J connectivity index is 1.54. The Bertz CT molecular complexity index is 805. The highest BCUT2D eigenvalue weighted by Gasteiger charge is 2.02. The van der Waals surface area contributed by atoms with Gasteiger partial charge >= 0.3 is 0 Å². The number of nitrogen functional groups attached to an aromatic ring is 1. The zero-order valence-electron chi connectivity index (χ0n) is 13.1. The van der Waals surface area contributed by atoms with Gasteiger partial charge in [-0.1, -0.05) is 12.1 Å². The lowest BCUT2D eigenvalue weighted by Gasteiger charge is -2.07. The summed E-state index contributed by atoms with van der Waals surface area (Å²) in [5, 5.41) is 3.15. The highest BCUT2D eigenvalue weighted by atomic mass is 19.1. The highest BCUT2D eigenvalue weighted by Crippen LogP contribution is 2.13. The molecule has 0 spiro atoms. The predicted octanol–water partition coefficient (Wildman–Crippen LogP) is 2.99. The molecular weight excluding hydrogens is 305 g/mol. The first kappa shape index (κ1) is 15.9. The molecule has 0 aliphatic rings. The Labute approximate surface area is 139 Å². The van der Waals surface area contributed by atoms with Crippen molar-refractivity contribution >= 4 is 11.6 Å². The second-order valence-corrected chi connectivity index (χ2v) is 5.46. The molecule has 3 aromatic rings. The van der Waals surface area contributed by atoms with Gasteiger partial charge in [0.1, 0.15) is 17.5 Å². The molecule has 0 fully saturated rings. The van der Waals surface area contributed by atoms with Crippen molar-refractivity contribution < 1.29 is 4.39 Å². The number of pyridine rings is 3. The van der Waals surface area contributed by atoms with Crippen molar-refractivity contribution in [2.75, 3.05) is 11.1 Å². The third-order valence-electron chi connectivity index (χ3n) is 3.67. The second kappa shape index (κ2) is 7.50. The number of hydrogen-bond acceptors (Lipinski definition) is 5. The maximum absolute atomic E-state index is 13.1. The van der Waals surface area contributed by atoms with Crippen LogP contribution >= 0.6 is 0 Å². The lowest BCUT2D eigenvalue weighted by Crippen LogP contribution is -2.03. The molecule has 0 aromatic carbocycles. The van der Waals surface area contributed by atoms with Gasteiger partial charge in [-0.05, 0) is 47.7 Å². The molecule has 6 heteroatoms. The van der Waals surface area contributed by atoms with Crippen LogP contribution in [0.2, 0.25) is 0 Å². The number of aromatic nitrogens is 3. The van der Waals surface area contributed by atoms with E-state index in [-0.39, 0.29) is 5.82 Å². The lowest BCUT2D eigenvalue weighted by atomic mass is 10.1. The molecule has 3 N–H and O–H groups in total. The summed E-state index contributed by atoms with van der Waals surface area (Å²) in [6.07, 6.45) is 8.00. The van der Waals surface area contributed by atoms with Gasteiger partial charge in [0.2, 0.25) is 0 Å². The van der Waals surface area contributed by atoms with Gasteiger partial charge < -0.3 is 11.1 Å². The molecule has 3 aromatic heterocycles. The first-order chi connectivity index (χ1) is 11.7. The van der Waals surface area contributed by atoms with E-state index in [9.17, 15) is 4.39 Å². The monoisotopic (exact) mass is 323 g/mol. The molecule has 0 aliphatic heterocycles. The topological polar surface area (TPSA) is 76.7 Å². The normalized spacial score (nSPS) is 10.5. The van der Waals surface area contributed by atoms with E-state index >= 15 is 0 Å². The zero-order valence-corrected chi connectivity index (χ0v) is 13.1. The van der Waals surface area contributed by atoms with Gasteiger partial charge in [-0.15, -0.1) is 0 Å². The molecule has 0 unspecified atom stereocenters. The highest BCUT2D eigenvalue weighted by molar-refractivity contribution is 5.40. The van der Waals surface area contributed by atoms with E-state index in [1.807, 2.05) is 30.5 Å². The van der Waals surface area contributed by atoms with Crippen molar-refractivity contribution in [2.45, 2.75) is 19.4 Å². The fraction of sp³-hybridized carbons (Fsp3) is 0.167. The zero-order chi connectivity index (χ0) is 16.8. The minimum atomic E-state index is -0.340. The summed E-state index contributed by atoms with van der Waals surface area (Å²) in [4.78, 5) is 12.3. The van der Waals surface area contributed by atoms with E-state index in [0.717, 1.165) is 35.3 Å². The van der Waals surface area contributed by atoms with Gasteiger partial charge in [0.05, 0.1) is 6.20 Å². The van der Waals surface area contributed by atoms with E-state index in [1.54, 1.807) is 12.4 Å². The van der Waals surface area contributed by atoms with Crippen LogP contribution in [0.15, 0.2) is 55.1 Å². The molecule has 24 heavy (non-hydrogen) atoms. The van der Waals surface area contributed by atoms with E-state index in [0.29, 0.717) is 12.4 Å². The predicted molar refractivity (Wildman–Crippen MR) is 91.8 cm³/mol. The Morgan fingerprint density at radius 1 is 1.00 bits per heavy atom. The molecule has 5 nitrogen and oxygen atoms in total. The van der Waals surface area contributed by atoms with Crippen molar-refractivity contribution in [1.82, 2.24) is 15.0 Å². The van der Waals surface area contributed by atoms with Crippen LogP contribution in [0, 0.1) is 5.82 Å². The van der Waals surface area contributed by atoms with Crippen molar-refractivity contribution in [2.24, 2.45) is 0 Å². The third kappa shape index (κ3) is 4.25. The van der Waals surface area contributed by atoms with Gasteiger partial charge in [-0.2, -0.15) is 0 Å². The van der Waals surface area contributed by atoms with Crippen molar-refractivity contribution in [3.63, 3.8) is 0 Å². The fourth-order valence-corrected chi connectivity index (χ4v) is 2.36. The molecule has 3 heterocycles. The molecule has 122 valence electrons. The summed E-state index contributed by atoms with van der Waals surface area (Å²) in [5.41, 5.74) is 8.78. The van der Waals surface area contributed by atoms with Crippen LogP contribution in [-0.2, 0) is 19.4 Å². The SMILES string of the molecule is Nc1ncccc1CCc1ccc(NCc2cncc(F)c2)nc1. The summed E-state index contributed by atoms with van der Waals surface area (Å²) < 4.78 is 13.1. The van der Waals surface area contributed by atoms with Crippen LogP contribution in [0.4, 0.5) is 16.0 Å². The largest absolute Gasteiger partial charge is 0.383 e. The number of rotatable bonds is 6. The van der Waals surface area contributed by atoms with Crippen LogP contribution in [0.1, 0.15) is 16.7 Å². The van der Waals surface area contributed by atoms with E-state index < -0.39 is 0 Å². The van der Waals surface area contributed by atoms with Crippen molar-refractivity contribution in [1.29, 1.82) is 0 Å². The van der Waals surface area contributed by atoms with Crippen LogP contribution in [0.5, 0.6) is 0 Å². The average Bonchev–Trinajstić information content (AvgIpc) is 2.60. The number of nitrogens with one attached hydrogen (secondary N) is 1.